The second kappa shape index (κ2) is 4.83. The van der Waals surface area contributed by atoms with E-state index in [1.54, 1.807) is 0 Å². The van der Waals surface area contributed by atoms with Gasteiger partial charge in [0.05, 0.1) is 0 Å². The summed E-state index contributed by atoms with van der Waals surface area (Å²) in [4.78, 5) is 0. The molecule has 1 saturated carbocycles. The molecule has 12 heavy (non-hydrogen) atoms. The predicted molar refractivity (Wildman–Crippen MR) is 52.5 cm³/mol. The van der Waals surface area contributed by atoms with Gasteiger partial charge in [-0.2, -0.15) is 0 Å². The van der Waals surface area contributed by atoms with E-state index in [2.05, 4.69) is 19.3 Å². The highest BCUT2D eigenvalue weighted by atomic mass is 15.2. The predicted octanol–water partition coefficient (Wildman–Crippen LogP) is 2.05. The maximum Gasteiger partial charge on any atom is 0.0241 e. The summed E-state index contributed by atoms with van der Waals surface area (Å²) in [5.74, 6) is 7.27. The Morgan fingerprint density at radius 1 is 1.33 bits per heavy atom. The third-order valence-electron chi connectivity index (χ3n) is 3.15. The number of nitrogens with one attached hydrogen (secondary N) is 1. The van der Waals surface area contributed by atoms with E-state index >= 15 is 0 Å². The van der Waals surface area contributed by atoms with Crippen LogP contribution in [0.3, 0.4) is 0 Å². The molecule has 0 heterocycles. The molecule has 2 heteroatoms. The fourth-order valence-electron chi connectivity index (χ4n) is 1.88. The highest BCUT2D eigenvalue weighted by Gasteiger charge is 2.31. The zero-order valence-electron chi connectivity index (χ0n) is 8.34. The average molecular weight is 170 g/mol. The monoisotopic (exact) mass is 170 g/mol. The van der Waals surface area contributed by atoms with Crippen LogP contribution in [0.2, 0.25) is 0 Å². The van der Waals surface area contributed by atoms with Crippen LogP contribution in [0.4, 0.5) is 0 Å². The molecule has 0 aromatic heterocycles. The van der Waals surface area contributed by atoms with Gasteiger partial charge in [-0.05, 0) is 31.1 Å². The highest BCUT2D eigenvalue weighted by Crippen LogP contribution is 2.35. The molecule has 0 saturated heterocycles. The zero-order chi connectivity index (χ0) is 8.97. The Balaban J connectivity index is 2.24. The van der Waals surface area contributed by atoms with E-state index in [9.17, 15) is 0 Å². The van der Waals surface area contributed by atoms with Crippen molar-refractivity contribution in [3.8, 4) is 0 Å². The zero-order valence-corrected chi connectivity index (χ0v) is 8.34. The smallest absolute Gasteiger partial charge is 0.0241 e. The van der Waals surface area contributed by atoms with E-state index in [0.29, 0.717) is 6.04 Å². The van der Waals surface area contributed by atoms with Crippen LogP contribution in [0.5, 0.6) is 0 Å². The maximum absolute atomic E-state index is 5.52. The van der Waals surface area contributed by atoms with E-state index in [0.717, 1.165) is 11.8 Å². The molecule has 0 aromatic rings. The summed E-state index contributed by atoms with van der Waals surface area (Å²) in [5, 5.41) is 0. The van der Waals surface area contributed by atoms with Crippen molar-refractivity contribution in [2.75, 3.05) is 0 Å². The van der Waals surface area contributed by atoms with Gasteiger partial charge in [-0.25, -0.2) is 0 Å². The molecule has 72 valence electrons. The Bertz CT molecular complexity index is 117. The van der Waals surface area contributed by atoms with Gasteiger partial charge in [-0.15, -0.1) is 0 Å². The van der Waals surface area contributed by atoms with Gasteiger partial charge in [0.15, 0.2) is 0 Å². The number of rotatable bonds is 6. The van der Waals surface area contributed by atoms with Crippen molar-refractivity contribution in [1.29, 1.82) is 0 Å². The van der Waals surface area contributed by atoms with E-state index in [1.807, 2.05) is 0 Å². The van der Waals surface area contributed by atoms with Gasteiger partial charge in [0.25, 0.3) is 0 Å². The normalized spacial score (nSPS) is 20.0. The first kappa shape index (κ1) is 10.0. The van der Waals surface area contributed by atoms with Gasteiger partial charge in [-0.1, -0.05) is 26.7 Å². The summed E-state index contributed by atoms with van der Waals surface area (Å²) >= 11 is 0. The van der Waals surface area contributed by atoms with E-state index in [4.69, 9.17) is 5.84 Å². The van der Waals surface area contributed by atoms with Crippen molar-refractivity contribution in [2.24, 2.45) is 17.7 Å². The van der Waals surface area contributed by atoms with Crippen LogP contribution >= 0.6 is 0 Å². The summed E-state index contributed by atoms with van der Waals surface area (Å²) in [7, 11) is 0. The largest absolute Gasteiger partial charge is 0.271 e. The van der Waals surface area contributed by atoms with Gasteiger partial charge in [0.2, 0.25) is 0 Å². The lowest BCUT2D eigenvalue weighted by Gasteiger charge is -2.20. The topological polar surface area (TPSA) is 38.0 Å². The van der Waals surface area contributed by atoms with Gasteiger partial charge in [0.1, 0.15) is 0 Å². The third-order valence-corrected chi connectivity index (χ3v) is 3.15. The fraction of sp³-hybridized carbons (Fsp3) is 1.00. The second-order valence-corrected chi connectivity index (χ2v) is 4.03. The minimum atomic E-state index is 0.592. The molecule has 0 spiro atoms. The molecule has 0 amide bonds. The van der Waals surface area contributed by atoms with Gasteiger partial charge in [-0.3, -0.25) is 11.3 Å². The average Bonchev–Trinajstić information content (AvgIpc) is 2.90. The molecule has 1 atom stereocenters. The standard InChI is InChI=1S/C10H22N2/c1-3-8(4-2)7-10(12-11)9-5-6-9/h8-10,12H,3-7,11H2,1-2H3. The van der Waals surface area contributed by atoms with Crippen LogP contribution in [0.1, 0.15) is 46.0 Å². The second-order valence-electron chi connectivity index (χ2n) is 4.03. The fourth-order valence-corrected chi connectivity index (χ4v) is 1.88. The molecule has 1 rings (SSSR count). The van der Waals surface area contributed by atoms with Crippen molar-refractivity contribution < 1.29 is 0 Å². The molecule has 2 nitrogen and oxygen atoms in total. The Morgan fingerprint density at radius 2 is 1.92 bits per heavy atom. The third kappa shape index (κ3) is 2.76. The van der Waals surface area contributed by atoms with Crippen molar-refractivity contribution in [3.05, 3.63) is 0 Å². The van der Waals surface area contributed by atoms with Crippen LogP contribution in [-0.2, 0) is 0 Å². The number of hydrogen-bond acceptors (Lipinski definition) is 2. The first-order valence-electron chi connectivity index (χ1n) is 5.27. The van der Waals surface area contributed by atoms with Crippen molar-refractivity contribution >= 4 is 0 Å². The summed E-state index contributed by atoms with van der Waals surface area (Å²) in [6.07, 6.45) is 6.63. The van der Waals surface area contributed by atoms with E-state index in [1.165, 1.54) is 32.1 Å². The number of nitrogens with two attached hydrogens (primary N) is 1. The molecule has 0 aliphatic heterocycles. The lowest BCUT2D eigenvalue weighted by Crippen LogP contribution is -2.38. The summed E-state index contributed by atoms with van der Waals surface area (Å²) in [6, 6.07) is 0.592. The molecule has 1 aliphatic rings. The lowest BCUT2D eigenvalue weighted by atomic mass is 9.93. The Morgan fingerprint density at radius 3 is 2.25 bits per heavy atom. The van der Waals surface area contributed by atoms with Crippen LogP contribution in [-0.4, -0.2) is 6.04 Å². The van der Waals surface area contributed by atoms with Crippen LogP contribution < -0.4 is 11.3 Å². The molecule has 1 fully saturated rings. The Kier molecular flexibility index (Phi) is 4.02. The minimum absolute atomic E-state index is 0.592. The minimum Gasteiger partial charge on any atom is -0.271 e. The summed E-state index contributed by atoms with van der Waals surface area (Å²) < 4.78 is 0. The summed E-state index contributed by atoms with van der Waals surface area (Å²) in [5.41, 5.74) is 2.96. The van der Waals surface area contributed by atoms with Crippen molar-refractivity contribution in [2.45, 2.75) is 52.0 Å². The van der Waals surface area contributed by atoms with Crippen LogP contribution in [0.25, 0.3) is 0 Å². The quantitative estimate of drug-likeness (QED) is 0.473. The molecule has 3 N–H and O–H groups in total. The number of hydrazine groups is 1. The van der Waals surface area contributed by atoms with Crippen molar-refractivity contribution in [1.82, 2.24) is 5.43 Å². The maximum atomic E-state index is 5.52. The molecular weight excluding hydrogens is 148 g/mol. The molecule has 1 unspecified atom stereocenters. The lowest BCUT2D eigenvalue weighted by molar-refractivity contribution is 0.344. The molecule has 0 bridgehead atoms. The molecular formula is C10H22N2. The highest BCUT2D eigenvalue weighted by molar-refractivity contribution is 4.86. The molecule has 0 radical (unpaired) electrons. The number of hydrogen-bond donors (Lipinski definition) is 2. The first-order chi connectivity index (χ1) is 5.81. The van der Waals surface area contributed by atoms with Crippen molar-refractivity contribution in [3.63, 3.8) is 0 Å². The van der Waals surface area contributed by atoms with Crippen LogP contribution in [0.15, 0.2) is 0 Å². The van der Waals surface area contributed by atoms with Gasteiger partial charge < -0.3 is 0 Å². The molecule has 1 aliphatic carbocycles. The SMILES string of the molecule is CCC(CC)CC(NN)C1CC1. The van der Waals surface area contributed by atoms with Gasteiger partial charge in [0, 0.05) is 6.04 Å². The summed E-state index contributed by atoms with van der Waals surface area (Å²) in [6.45, 7) is 4.54. The Labute approximate surface area is 75.9 Å². The Hall–Kier alpha value is -0.0800. The van der Waals surface area contributed by atoms with E-state index < -0.39 is 0 Å². The van der Waals surface area contributed by atoms with Crippen LogP contribution in [0, 0.1) is 11.8 Å². The molecule has 0 aromatic carbocycles. The van der Waals surface area contributed by atoms with E-state index in [-0.39, 0.29) is 0 Å². The van der Waals surface area contributed by atoms with Gasteiger partial charge >= 0.3 is 0 Å². The first-order valence-corrected chi connectivity index (χ1v) is 5.27.